The van der Waals surface area contributed by atoms with Gasteiger partial charge in [0.15, 0.2) is 0 Å². The van der Waals surface area contributed by atoms with Crippen LogP contribution in [0.3, 0.4) is 0 Å². The van der Waals surface area contributed by atoms with E-state index in [9.17, 15) is 4.79 Å². The average molecular weight is 329 g/mol. The SMILES string of the molecule is O=C(O)NCC1CCNC1.[CH3-].[CH3-].[CH3-].[Ce+3]. The predicted octanol–water partition coefficient (Wildman–Crippen LogP) is 1.21. The molecule has 0 aromatic rings. The number of amides is 1. The summed E-state index contributed by atoms with van der Waals surface area (Å²) in [6.45, 7) is 2.55. The summed E-state index contributed by atoms with van der Waals surface area (Å²) in [7, 11) is 0. The fraction of sp³-hybridized carbons (Fsp3) is 0.556. The Labute approximate surface area is 122 Å². The van der Waals surface area contributed by atoms with Gasteiger partial charge >= 0.3 is 47.8 Å². The van der Waals surface area contributed by atoms with Crippen LogP contribution in [0.4, 0.5) is 4.79 Å². The maximum absolute atomic E-state index is 10.0. The molecule has 1 rings (SSSR count). The van der Waals surface area contributed by atoms with Crippen molar-refractivity contribution in [1.29, 1.82) is 0 Å². The van der Waals surface area contributed by atoms with Crippen LogP contribution < -0.4 is 10.6 Å². The van der Waals surface area contributed by atoms with Crippen molar-refractivity contribution < 1.29 is 51.6 Å². The Hall–Kier alpha value is 0.607. The molecule has 1 radical (unpaired) electrons. The monoisotopic (exact) mass is 329 g/mol. The van der Waals surface area contributed by atoms with Crippen molar-refractivity contribution in [3.8, 4) is 0 Å². The summed E-state index contributed by atoms with van der Waals surface area (Å²) < 4.78 is 0. The summed E-state index contributed by atoms with van der Waals surface area (Å²) in [6, 6.07) is 0. The van der Waals surface area contributed by atoms with Crippen molar-refractivity contribution in [3.05, 3.63) is 22.3 Å². The third-order valence-electron chi connectivity index (χ3n) is 1.70. The molecule has 1 unspecified atom stereocenters. The number of hydrogen-bond donors (Lipinski definition) is 3. The summed E-state index contributed by atoms with van der Waals surface area (Å²) >= 11 is 0. The van der Waals surface area contributed by atoms with E-state index in [-0.39, 0.29) is 64.0 Å². The quantitative estimate of drug-likeness (QED) is 0.668. The largest absolute Gasteiger partial charge is 3.00 e. The first-order valence-corrected chi connectivity index (χ1v) is 3.46. The van der Waals surface area contributed by atoms with Gasteiger partial charge in [0.1, 0.15) is 0 Å². The standard InChI is InChI=1S/C6H12N2O2.3CH3.Ce/c9-6(10)8-4-5-1-2-7-3-5;;;;/h5,7-8H,1-4H2,(H,9,10);3*1H3;/q;3*-1;+3. The minimum atomic E-state index is -0.924. The first-order chi connectivity index (χ1) is 4.79. The van der Waals surface area contributed by atoms with Gasteiger partial charge in [-0.3, -0.25) is 0 Å². The van der Waals surface area contributed by atoms with E-state index < -0.39 is 6.09 Å². The van der Waals surface area contributed by atoms with Gasteiger partial charge in [0.05, 0.1) is 0 Å². The molecular weight excluding hydrogens is 308 g/mol. The van der Waals surface area contributed by atoms with Gasteiger partial charge in [-0.1, -0.05) is 0 Å². The van der Waals surface area contributed by atoms with Crippen LogP contribution in [-0.4, -0.2) is 30.8 Å². The molecule has 1 aliphatic rings. The van der Waals surface area contributed by atoms with Crippen LogP contribution in [0.25, 0.3) is 0 Å². The minimum Gasteiger partial charge on any atom is -0.465 e. The molecule has 1 amide bonds. The van der Waals surface area contributed by atoms with E-state index in [1.807, 2.05) is 0 Å². The van der Waals surface area contributed by atoms with E-state index >= 15 is 0 Å². The molecule has 1 atom stereocenters. The molecule has 0 aromatic heterocycles. The molecule has 83 valence electrons. The number of nitrogens with one attached hydrogen (secondary N) is 2. The fourth-order valence-corrected chi connectivity index (χ4v) is 1.12. The Kier molecular flexibility index (Phi) is 23.4. The molecule has 1 fully saturated rings. The van der Waals surface area contributed by atoms with Crippen LogP contribution in [0.1, 0.15) is 6.42 Å². The maximum atomic E-state index is 10.0. The predicted molar refractivity (Wildman–Crippen MR) is 56.2 cm³/mol. The van der Waals surface area contributed by atoms with Gasteiger partial charge in [0, 0.05) is 6.54 Å². The molecule has 0 bridgehead atoms. The van der Waals surface area contributed by atoms with Crippen LogP contribution >= 0.6 is 0 Å². The van der Waals surface area contributed by atoms with Crippen LogP contribution in [0, 0.1) is 69.9 Å². The van der Waals surface area contributed by atoms with Gasteiger partial charge in [-0.2, -0.15) is 0 Å². The third kappa shape index (κ3) is 10.7. The van der Waals surface area contributed by atoms with E-state index in [1.54, 1.807) is 0 Å². The van der Waals surface area contributed by atoms with E-state index in [0.717, 1.165) is 19.5 Å². The van der Waals surface area contributed by atoms with Crippen LogP contribution in [-0.2, 0) is 0 Å². The van der Waals surface area contributed by atoms with Crippen LogP contribution in [0.2, 0.25) is 0 Å². The zero-order valence-corrected chi connectivity index (χ0v) is 12.4. The normalized spacial score (nSPS) is 17.6. The van der Waals surface area contributed by atoms with Crippen molar-refractivity contribution in [3.63, 3.8) is 0 Å². The van der Waals surface area contributed by atoms with Crippen molar-refractivity contribution in [1.82, 2.24) is 10.6 Å². The summed E-state index contributed by atoms with van der Waals surface area (Å²) in [5.41, 5.74) is 0. The Bertz CT molecular complexity index is 128. The molecule has 1 aliphatic heterocycles. The maximum Gasteiger partial charge on any atom is 3.00 e. The third-order valence-corrected chi connectivity index (χ3v) is 1.70. The van der Waals surface area contributed by atoms with Gasteiger partial charge in [0.25, 0.3) is 0 Å². The topological polar surface area (TPSA) is 61.4 Å². The van der Waals surface area contributed by atoms with E-state index in [0.29, 0.717) is 12.5 Å². The Morgan fingerprint density at radius 3 is 2.36 bits per heavy atom. The minimum absolute atomic E-state index is 0. The van der Waals surface area contributed by atoms with Gasteiger partial charge in [-0.15, -0.1) is 0 Å². The second-order valence-corrected chi connectivity index (χ2v) is 2.54. The summed E-state index contributed by atoms with van der Waals surface area (Å²) in [5.74, 6) is 0.496. The average Bonchev–Trinajstić information content (AvgIpc) is 2.34. The van der Waals surface area contributed by atoms with Gasteiger partial charge in [0.2, 0.25) is 0 Å². The van der Waals surface area contributed by atoms with E-state index in [4.69, 9.17) is 5.11 Å². The summed E-state index contributed by atoms with van der Waals surface area (Å²) in [6.07, 6.45) is 0.159. The van der Waals surface area contributed by atoms with Crippen LogP contribution in [0.15, 0.2) is 0 Å². The van der Waals surface area contributed by atoms with E-state index in [1.165, 1.54) is 0 Å². The fourth-order valence-electron chi connectivity index (χ4n) is 1.12. The molecule has 0 saturated carbocycles. The summed E-state index contributed by atoms with van der Waals surface area (Å²) in [4.78, 5) is 10.0. The zero-order chi connectivity index (χ0) is 7.40. The molecule has 0 aromatic carbocycles. The van der Waals surface area contributed by atoms with Gasteiger partial charge in [-0.05, 0) is 25.4 Å². The van der Waals surface area contributed by atoms with Crippen LogP contribution in [0.5, 0.6) is 0 Å². The Balaban J connectivity index is -0.000000125. The number of rotatable bonds is 2. The smallest absolute Gasteiger partial charge is 0.465 e. The van der Waals surface area contributed by atoms with Gasteiger partial charge < -0.3 is 38.0 Å². The molecular formula is C9H21CeN2O2. The van der Waals surface area contributed by atoms with Crippen molar-refractivity contribution in [2.75, 3.05) is 19.6 Å². The molecule has 5 heteroatoms. The Morgan fingerprint density at radius 1 is 1.43 bits per heavy atom. The molecule has 14 heavy (non-hydrogen) atoms. The van der Waals surface area contributed by atoms with Gasteiger partial charge in [-0.25, -0.2) is 4.79 Å². The summed E-state index contributed by atoms with van der Waals surface area (Å²) in [5, 5.41) is 13.8. The molecule has 0 aliphatic carbocycles. The Morgan fingerprint density at radius 2 is 2.00 bits per heavy atom. The first kappa shape index (κ1) is 24.0. The molecule has 0 spiro atoms. The van der Waals surface area contributed by atoms with Crippen molar-refractivity contribution in [2.45, 2.75) is 6.42 Å². The number of hydrogen-bond acceptors (Lipinski definition) is 2. The molecule has 3 N–H and O–H groups in total. The van der Waals surface area contributed by atoms with Crippen molar-refractivity contribution >= 4 is 6.09 Å². The second kappa shape index (κ2) is 13.6. The molecule has 1 saturated heterocycles. The van der Waals surface area contributed by atoms with E-state index in [2.05, 4.69) is 10.6 Å². The molecule has 4 nitrogen and oxygen atoms in total. The second-order valence-electron chi connectivity index (χ2n) is 2.54. The number of carbonyl (C=O) groups is 1. The zero-order valence-electron chi connectivity index (χ0n) is 9.26. The van der Waals surface area contributed by atoms with Crippen molar-refractivity contribution in [2.24, 2.45) is 5.92 Å². The first-order valence-electron chi connectivity index (χ1n) is 3.46. The number of carboxylic acid groups (broad SMARTS) is 1. The molecule has 1 heterocycles.